The summed E-state index contributed by atoms with van der Waals surface area (Å²) >= 11 is 1.74. The quantitative estimate of drug-likeness (QED) is 0.918. The van der Waals surface area contributed by atoms with Gasteiger partial charge in [0, 0.05) is 36.3 Å². The van der Waals surface area contributed by atoms with Gasteiger partial charge >= 0.3 is 6.03 Å². The summed E-state index contributed by atoms with van der Waals surface area (Å²) in [4.78, 5) is 15.6. The molecule has 1 N–H and O–H groups in total. The molecule has 0 radical (unpaired) electrons. The number of thiophene rings is 1. The van der Waals surface area contributed by atoms with Crippen LogP contribution in [0.1, 0.15) is 37.5 Å². The Morgan fingerprint density at radius 1 is 1.43 bits per heavy atom. The zero-order valence-electron chi connectivity index (χ0n) is 13.9. The summed E-state index contributed by atoms with van der Waals surface area (Å²) in [5.41, 5.74) is 0. The first kappa shape index (κ1) is 16.7. The predicted octanol–water partition coefficient (Wildman–Crippen LogP) is 3.04. The molecule has 3 heterocycles. The van der Waals surface area contributed by atoms with E-state index in [4.69, 9.17) is 9.47 Å². The summed E-state index contributed by atoms with van der Waals surface area (Å²) in [6, 6.07) is 4.22. The van der Waals surface area contributed by atoms with Crippen molar-refractivity contribution >= 4 is 17.4 Å². The monoisotopic (exact) mass is 338 g/mol. The lowest BCUT2D eigenvalue weighted by Crippen LogP contribution is -2.49. The van der Waals surface area contributed by atoms with E-state index in [1.807, 2.05) is 11.8 Å². The molecule has 0 spiro atoms. The van der Waals surface area contributed by atoms with Gasteiger partial charge in [0.1, 0.15) is 0 Å². The van der Waals surface area contributed by atoms with E-state index in [9.17, 15) is 4.79 Å². The van der Waals surface area contributed by atoms with Crippen molar-refractivity contribution < 1.29 is 14.3 Å². The molecule has 128 valence electrons. The molecular weight excluding hydrogens is 312 g/mol. The van der Waals surface area contributed by atoms with Gasteiger partial charge in [-0.25, -0.2) is 4.79 Å². The van der Waals surface area contributed by atoms with Gasteiger partial charge in [-0.1, -0.05) is 13.0 Å². The molecule has 0 saturated carbocycles. The van der Waals surface area contributed by atoms with Crippen molar-refractivity contribution in [1.29, 1.82) is 0 Å². The second kappa shape index (κ2) is 7.20. The summed E-state index contributed by atoms with van der Waals surface area (Å²) in [6.07, 6.45) is 1.87. The number of piperidine rings is 1. The maximum atomic E-state index is 12.3. The van der Waals surface area contributed by atoms with Gasteiger partial charge in [0.2, 0.25) is 0 Å². The molecule has 1 atom stereocenters. The SMILES string of the molecule is C[C@@H](CNC(=O)N1CCC(C2(C)OCCO2)CC1)c1cccs1. The predicted molar refractivity (Wildman–Crippen MR) is 90.7 cm³/mol. The average Bonchev–Trinajstić information content (AvgIpc) is 3.25. The number of hydrogen-bond acceptors (Lipinski definition) is 4. The maximum absolute atomic E-state index is 12.3. The highest BCUT2D eigenvalue weighted by Crippen LogP contribution is 2.34. The fourth-order valence-electron chi connectivity index (χ4n) is 3.40. The van der Waals surface area contributed by atoms with Crippen molar-refractivity contribution in [3.05, 3.63) is 22.4 Å². The van der Waals surface area contributed by atoms with E-state index in [0.29, 0.717) is 31.6 Å². The summed E-state index contributed by atoms with van der Waals surface area (Å²) in [5, 5.41) is 5.14. The van der Waals surface area contributed by atoms with Crippen LogP contribution in [0.3, 0.4) is 0 Å². The number of hydrogen-bond donors (Lipinski definition) is 1. The van der Waals surface area contributed by atoms with Crippen molar-refractivity contribution in [1.82, 2.24) is 10.2 Å². The zero-order valence-corrected chi connectivity index (χ0v) is 14.7. The van der Waals surface area contributed by atoms with Crippen LogP contribution >= 0.6 is 11.3 Å². The first-order valence-electron chi connectivity index (χ1n) is 8.42. The number of likely N-dealkylation sites (tertiary alicyclic amines) is 1. The van der Waals surface area contributed by atoms with Crippen LogP contribution in [0, 0.1) is 5.92 Å². The zero-order chi connectivity index (χ0) is 16.3. The molecule has 2 amide bonds. The van der Waals surface area contributed by atoms with Crippen molar-refractivity contribution in [2.75, 3.05) is 32.8 Å². The van der Waals surface area contributed by atoms with Gasteiger partial charge in [-0.05, 0) is 31.2 Å². The third kappa shape index (κ3) is 3.87. The fraction of sp³-hybridized carbons (Fsp3) is 0.706. The van der Waals surface area contributed by atoms with E-state index >= 15 is 0 Å². The molecule has 2 aliphatic rings. The number of nitrogens with zero attached hydrogens (tertiary/aromatic N) is 1. The minimum Gasteiger partial charge on any atom is -0.348 e. The largest absolute Gasteiger partial charge is 0.348 e. The van der Waals surface area contributed by atoms with E-state index in [1.165, 1.54) is 4.88 Å². The Kier molecular flexibility index (Phi) is 5.24. The number of carbonyl (C=O) groups is 1. The molecule has 1 aromatic heterocycles. The van der Waals surface area contributed by atoms with Gasteiger partial charge in [-0.2, -0.15) is 0 Å². The second-order valence-corrected chi connectivity index (χ2v) is 7.56. The van der Waals surface area contributed by atoms with Gasteiger partial charge in [-0.3, -0.25) is 0 Å². The Morgan fingerprint density at radius 3 is 2.74 bits per heavy atom. The summed E-state index contributed by atoms with van der Waals surface area (Å²) in [7, 11) is 0. The lowest BCUT2D eigenvalue weighted by atomic mass is 9.89. The van der Waals surface area contributed by atoms with Crippen molar-refractivity contribution in [2.24, 2.45) is 5.92 Å². The van der Waals surface area contributed by atoms with Crippen molar-refractivity contribution in [2.45, 2.75) is 38.4 Å². The normalized spacial score (nSPS) is 23.0. The number of carbonyl (C=O) groups excluding carboxylic acids is 1. The summed E-state index contributed by atoms with van der Waals surface area (Å²) in [6.45, 7) is 7.76. The smallest absolute Gasteiger partial charge is 0.317 e. The van der Waals surface area contributed by atoms with Gasteiger partial charge < -0.3 is 19.7 Å². The summed E-state index contributed by atoms with van der Waals surface area (Å²) < 4.78 is 11.5. The fourth-order valence-corrected chi connectivity index (χ4v) is 4.18. The third-order valence-electron chi connectivity index (χ3n) is 4.97. The molecule has 6 heteroatoms. The molecule has 5 nitrogen and oxygen atoms in total. The Hall–Kier alpha value is -1.11. The number of nitrogens with one attached hydrogen (secondary N) is 1. The maximum Gasteiger partial charge on any atom is 0.317 e. The van der Waals surface area contributed by atoms with Gasteiger partial charge in [-0.15, -0.1) is 11.3 Å². The highest BCUT2D eigenvalue weighted by molar-refractivity contribution is 7.10. The highest BCUT2D eigenvalue weighted by atomic mass is 32.1. The number of urea groups is 1. The van der Waals surface area contributed by atoms with E-state index in [1.54, 1.807) is 11.3 Å². The molecule has 2 aliphatic heterocycles. The lowest BCUT2D eigenvalue weighted by molar-refractivity contribution is -0.189. The second-order valence-electron chi connectivity index (χ2n) is 6.58. The average molecular weight is 338 g/mol. The van der Waals surface area contributed by atoms with Crippen LogP contribution in [0.15, 0.2) is 17.5 Å². The molecule has 0 aromatic carbocycles. The first-order valence-corrected chi connectivity index (χ1v) is 9.30. The highest BCUT2D eigenvalue weighted by Gasteiger charge is 2.41. The Balaban J connectivity index is 1.43. The topological polar surface area (TPSA) is 50.8 Å². The van der Waals surface area contributed by atoms with Crippen LogP contribution in [0.25, 0.3) is 0 Å². The van der Waals surface area contributed by atoms with Gasteiger partial charge in [0.15, 0.2) is 5.79 Å². The number of ether oxygens (including phenoxy) is 2. The molecule has 3 rings (SSSR count). The van der Waals surface area contributed by atoms with Gasteiger partial charge in [0.05, 0.1) is 13.2 Å². The van der Waals surface area contributed by atoms with Crippen molar-refractivity contribution in [3.8, 4) is 0 Å². The molecule has 0 aliphatic carbocycles. The van der Waals surface area contributed by atoms with Crippen LogP contribution in [0.2, 0.25) is 0 Å². The van der Waals surface area contributed by atoms with E-state index in [2.05, 4.69) is 29.8 Å². The number of amides is 2. The molecule has 0 unspecified atom stereocenters. The van der Waals surface area contributed by atoms with E-state index in [0.717, 1.165) is 25.9 Å². The lowest BCUT2D eigenvalue weighted by Gasteiger charge is -2.39. The standard InChI is InChI=1S/C17H26N2O3S/c1-13(15-4-3-11-23-15)12-18-16(20)19-7-5-14(6-8-19)17(2)21-9-10-22-17/h3-4,11,13-14H,5-10,12H2,1-2H3,(H,18,20)/t13-/m0/s1. The van der Waals surface area contributed by atoms with E-state index in [-0.39, 0.29) is 6.03 Å². The first-order chi connectivity index (χ1) is 11.1. The van der Waals surface area contributed by atoms with Crippen LogP contribution in [-0.4, -0.2) is 49.6 Å². The van der Waals surface area contributed by atoms with Crippen LogP contribution in [-0.2, 0) is 9.47 Å². The molecular formula is C17H26N2O3S. The van der Waals surface area contributed by atoms with Gasteiger partial charge in [0.25, 0.3) is 0 Å². The third-order valence-corrected chi connectivity index (χ3v) is 6.08. The Labute approximate surface area is 142 Å². The molecule has 2 saturated heterocycles. The summed E-state index contributed by atoms with van der Waals surface area (Å²) in [5.74, 6) is 0.283. The molecule has 0 bridgehead atoms. The molecule has 1 aromatic rings. The molecule has 2 fully saturated rings. The minimum atomic E-state index is -0.448. The number of rotatable bonds is 4. The Morgan fingerprint density at radius 2 is 2.13 bits per heavy atom. The minimum absolute atomic E-state index is 0.0465. The van der Waals surface area contributed by atoms with Crippen molar-refractivity contribution in [3.63, 3.8) is 0 Å². The Bertz CT molecular complexity index is 506. The van der Waals surface area contributed by atoms with E-state index < -0.39 is 5.79 Å². The van der Waals surface area contributed by atoms with Crippen LogP contribution in [0.5, 0.6) is 0 Å². The molecule has 23 heavy (non-hydrogen) atoms. The van der Waals surface area contributed by atoms with Crippen LogP contribution in [0.4, 0.5) is 4.79 Å². The van der Waals surface area contributed by atoms with Crippen LogP contribution < -0.4 is 5.32 Å².